The molecule has 8 heteroatoms. The lowest BCUT2D eigenvalue weighted by Gasteiger charge is -2.28. The number of amidine groups is 1. The number of nitrogens with one attached hydrogen (secondary N) is 1. The highest BCUT2D eigenvalue weighted by Gasteiger charge is 2.34. The Morgan fingerprint density at radius 3 is 2.73 bits per heavy atom. The predicted octanol–water partition coefficient (Wildman–Crippen LogP) is 4.18. The van der Waals surface area contributed by atoms with Crippen LogP contribution in [0.3, 0.4) is 0 Å². The third kappa shape index (κ3) is 4.50. The van der Waals surface area contributed by atoms with Crippen molar-refractivity contribution in [1.29, 1.82) is 0 Å². The van der Waals surface area contributed by atoms with E-state index >= 15 is 0 Å². The summed E-state index contributed by atoms with van der Waals surface area (Å²) in [5.74, 6) is -0.897. The number of thioether (sulfide) groups is 1. The lowest BCUT2D eigenvalue weighted by atomic mass is 10.2. The van der Waals surface area contributed by atoms with Gasteiger partial charge in [0.2, 0.25) is 11.8 Å². The van der Waals surface area contributed by atoms with E-state index in [9.17, 15) is 14.0 Å². The van der Waals surface area contributed by atoms with Gasteiger partial charge in [-0.25, -0.2) is 9.38 Å². The van der Waals surface area contributed by atoms with Crippen molar-refractivity contribution in [1.82, 2.24) is 4.90 Å². The van der Waals surface area contributed by atoms with E-state index in [0.717, 1.165) is 4.47 Å². The zero-order chi connectivity index (χ0) is 18.7. The van der Waals surface area contributed by atoms with E-state index in [1.165, 1.54) is 28.8 Å². The Labute approximate surface area is 162 Å². The van der Waals surface area contributed by atoms with Crippen LogP contribution in [-0.4, -0.2) is 34.2 Å². The molecule has 2 aromatic rings. The summed E-state index contributed by atoms with van der Waals surface area (Å²) in [6.07, 6.45) is 0.0751. The average Bonchev–Trinajstić information content (AvgIpc) is 2.60. The highest BCUT2D eigenvalue weighted by atomic mass is 79.9. The van der Waals surface area contributed by atoms with Crippen molar-refractivity contribution in [3.63, 3.8) is 0 Å². The fourth-order valence-electron chi connectivity index (χ4n) is 2.31. The van der Waals surface area contributed by atoms with Crippen molar-refractivity contribution in [3.8, 4) is 0 Å². The van der Waals surface area contributed by atoms with Crippen LogP contribution in [0.2, 0.25) is 0 Å². The summed E-state index contributed by atoms with van der Waals surface area (Å²) < 4.78 is 14.3. The largest absolute Gasteiger partial charge is 0.325 e. The van der Waals surface area contributed by atoms with Gasteiger partial charge in [0.15, 0.2) is 5.17 Å². The van der Waals surface area contributed by atoms with Crippen molar-refractivity contribution >= 4 is 56.0 Å². The molecule has 5 nitrogen and oxygen atoms in total. The molecule has 3 rings (SSSR count). The molecule has 1 aliphatic rings. The number of amides is 2. The molecule has 1 fully saturated rings. The second-order valence-electron chi connectivity index (χ2n) is 5.63. The maximum absolute atomic E-state index is 13.3. The van der Waals surface area contributed by atoms with Crippen molar-refractivity contribution in [2.45, 2.75) is 11.7 Å². The van der Waals surface area contributed by atoms with Crippen LogP contribution >= 0.6 is 27.7 Å². The van der Waals surface area contributed by atoms with E-state index < -0.39 is 11.1 Å². The Morgan fingerprint density at radius 2 is 2.04 bits per heavy atom. The number of carbonyl (C=O) groups excluding carboxylic acids is 2. The highest BCUT2D eigenvalue weighted by Crippen LogP contribution is 2.29. The summed E-state index contributed by atoms with van der Waals surface area (Å²) in [5, 5.41) is 2.56. The Hall–Kier alpha value is -2.19. The summed E-state index contributed by atoms with van der Waals surface area (Å²) >= 11 is 4.52. The van der Waals surface area contributed by atoms with E-state index in [1.54, 1.807) is 31.3 Å². The standard InChI is InChI=1S/C18H15BrFN3O2S/c1-23-16(24)10-15(17(25)21-13-7-5-11(19)6-8-13)26-18(23)22-14-4-2-3-12(20)9-14/h2-9,15H,10H2,1H3,(H,21,25)/t15-/m0/s1. The molecule has 1 saturated heterocycles. The molecule has 1 heterocycles. The van der Waals surface area contributed by atoms with Crippen molar-refractivity contribution < 1.29 is 14.0 Å². The molecule has 1 atom stereocenters. The van der Waals surface area contributed by atoms with Crippen LogP contribution < -0.4 is 5.32 Å². The normalized spacial score (nSPS) is 18.9. The first-order chi connectivity index (χ1) is 12.4. The number of benzene rings is 2. The second-order valence-corrected chi connectivity index (χ2v) is 7.72. The zero-order valence-electron chi connectivity index (χ0n) is 13.8. The number of carbonyl (C=O) groups is 2. The first-order valence-corrected chi connectivity index (χ1v) is 9.43. The Kier molecular flexibility index (Phi) is 5.73. The first kappa shape index (κ1) is 18.6. The SMILES string of the molecule is CN1C(=O)C[C@@H](C(=O)Nc2ccc(Br)cc2)SC1=Nc1cccc(F)c1. The van der Waals surface area contributed by atoms with Gasteiger partial charge in [-0.1, -0.05) is 33.8 Å². The zero-order valence-corrected chi connectivity index (χ0v) is 16.2. The van der Waals surface area contributed by atoms with Crippen molar-refractivity contribution in [3.05, 3.63) is 58.8 Å². The summed E-state index contributed by atoms with van der Waals surface area (Å²) in [6, 6.07) is 13.0. The molecule has 0 radical (unpaired) electrons. The van der Waals surface area contributed by atoms with Gasteiger partial charge in [0.1, 0.15) is 11.1 Å². The predicted molar refractivity (Wildman–Crippen MR) is 105 cm³/mol. The fraction of sp³-hybridized carbons (Fsp3) is 0.167. The average molecular weight is 436 g/mol. The van der Waals surface area contributed by atoms with Gasteiger partial charge < -0.3 is 5.32 Å². The van der Waals surface area contributed by atoms with Gasteiger partial charge in [-0.2, -0.15) is 0 Å². The minimum atomic E-state index is -0.602. The number of hydrogen-bond donors (Lipinski definition) is 1. The highest BCUT2D eigenvalue weighted by molar-refractivity contribution is 9.10. The molecule has 0 unspecified atom stereocenters. The third-order valence-electron chi connectivity index (χ3n) is 3.71. The van der Waals surface area contributed by atoms with Gasteiger partial charge in [-0.3, -0.25) is 14.5 Å². The van der Waals surface area contributed by atoms with E-state index in [1.807, 2.05) is 12.1 Å². The Bertz CT molecular complexity index is 873. The minimum absolute atomic E-state index is 0.0751. The number of nitrogens with zero attached hydrogens (tertiary/aromatic N) is 2. The quantitative estimate of drug-likeness (QED) is 0.786. The van der Waals surface area contributed by atoms with Gasteiger partial charge in [0, 0.05) is 23.6 Å². The van der Waals surface area contributed by atoms with Gasteiger partial charge in [-0.05, 0) is 42.5 Å². The summed E-state index contributed by atoms with van der Waals surface area (Å²) in [7, 11) is 1.59. The van der Waals surface area contributed by atoms with E-state index in [0.29, 0.717) is 16.5 Å². The number of halogens is 2. The molecule has 0 saturated carbocycles. The topological polar surface area (TPSA) is 61.8 Å². The molecule has 1 aliphatic heterocycles. The molecular formula is C18H15BrFN3O2S. The van der Waals surface area contributed by atoms with E-state index in [4.69, 9.17) is 0 Å². The van der Waals surface area contributed by atoms with Gasteiger partial charge in [-0.15, -0.1) is 0 Å². The number of anilines is 1. The van der Waals surface area contributed by atoms with E-state index in [-0.39, 0.29) is 18.2 Å². The first-order valence-electron chi connectivity index (χ1n) is 7.76. The fourth-order valence-corrected chi connectivity index (χ4v) is 3.64. The molecule has 0 aromatic heterocycles. The second kappa shape index (κ2) is 8.01. The summed E-state index contributed by atoms with van der Waals surface area (Å²) in [5.41, 5.74) is 1.04. The lowest BCUT2D eigenvalue weighted by molar-refractivity contribution is -0.128. The number of aliphatic imine (C=N–C) groups is 1. The molecule has 2 amide bonds. The van der Waals surface area contributed by atoms with Crippen LogP contribution in [0.25, 0.3) is 0 Å². The van der Waals surface area contributed by atoms with Gasteiger partial charge >= 0.3 is 0 Å². The van der Waals surface area contributed by atoms with Crippen molar-refractivity contribution in [2.24, 2.45) is 4.99 Å². The monoisotopic (exact) mass is 435 g/mol. The number of hydrogen-bond acceptors (Lipinski definition) is 4. The van der Waals surface area contributed by atoms with E-state index in [2.05, 4.69) is 26.2 Å². The Morgan fingerprint density at radius 1 is 1.31 bits per heavy atom. The van der Waals surface area contributed by atoms with Crippen LogP contribution in [0.15, 0.2) is 58.0 Å². The van der Waals surface area contributed by atoms with Crippen LogP contribution in [0, 0.1) is 5.82 Å². The smallest absolute Gasteiger partial charge is 0.238 e. The van der Waals surface area contributed by atoms with Crippen LogP contribution in [-0.2, 0) is 9.59 Å². The van der Waals surface area contributed by atoms with Gasteiger partial charge in [0.05, 0.1) is 5.69 Å². The molecule has 2 aromatic carbocycles. The maximum Gasteiger partial charge on any atom is 0.238 e. The molecule has 0 spiro atoms. The third-order valence-corrected chi connectivity index (χ3v) is 5.48. The minimum Gasteiger partial charge on any atom is -0.325 e. The van der Waals surface area contributed by atoms with Crippen molar-refractivity contribution in [2.75, 3.05) is 12.4 Å². The summed E-state index contributed by atoms with van der Waals surface area (Å²) in [4.78, 5) is 30.5. The molecule has 26 heavy (non-hydrogen) atoms. The van der Waals surface area contributed by atoms with Gasteiger partial charge in [0.25, 0.3) is 0 Å². The number of rotatable bonds is 3. The molecule has 1 N–H and O–H groups in total. The van der Waals surface area contributed by atoms with Crippen LogP contribution in [0.4, 0.5) is 15.8 Å². The van der Waals surface area contributed by atoms with Crippen LogP contribution in [0.5, 0.6) is 0 Å². The molecule has 0 aliphatic carbocycles. The summed E-state index contributed by atoms with van der Waals surface area (Å²) in [6.45, 7) is 0. The molecule has 134 valence electrons. The lowest BCUT2D eigenvalue weighted by Crippen LogP contribution is -2.43. The van der Waals surface area contributed by atoms with Crippen LogP contribution in [0.1, 0.15) is 6.42 Å². The molecule has 0 bridgehead atoms. The Balaban J connectivity index is 1.77. The molecular weight excluding hydrogens is 421 g/mol. The maximum atomic E-state index is 13.3.